The van der Waals surface area contributed by atoms with Crippen molar-refractivity contribution in [2.24, 2.45) is 4.99 Å². The van der Waals surface area contributed by atoms with Gasteiger partial charge in [-0.2, -0.15) is 0 Å². The van der Waals surface area contributed by atoms with Crippen molar-refractivity contribution in [3.8, 4) is 22.6 Å². The molecule has 0 saturated carbocycles. The van der Waals surface area contributed by atoms with Crippen LogP contribution < -0.4 is 9.47 Å². The lowest BCUT2D eigenvalue weighted by atomic mass is 10.0. The van der Waals surface area contributed by atoms with E-state index < -0.39 is 11.9 Å². The summed E-state index contributed by atoms with van der Waals surface area (Å²) in [6.07, 6.45) is 1.75. The van der Waals surface area contributed by atoms with E-state index >= 15 is 0 Å². The van der Waals surface area contributed by atoms with Crippen molar-refractivity contribution in [1.29, 1.82) is 0 Å². The third kappa shape index (κ3) is 5.18. The van der Waals surface area contributed by atoms with Gasteiger partial charge in [0.25, 0.3) is 0 Å². The quantitative estimate of drug-likeness (QED) is 0.236. The number of cyclic esters (lactones) is 1. The Kier molecular flexibility index (Phi) is 7.09. The van der Waals surface area contributed by atoms with Crippen molar-refractivity contribution >= 4 is 35.5 Å². The van der Waals surface area contributed by atoms with Gasteiger partial charge in [0.05, 0.1) is 11.6 Å². The minimum Gasteiger partial charge on any atom is -0.490 e. The summed E-state index contributed by atoms with van der Waals surface area (Å²) in [6.45, 7) is 3.83. The molecule has 0 N–H and O–H groups in total. The van der Waals surface area contributed by atoms with Gasteiger partial charge in [0.2, 0.25) is 5.90 Å². The molecule has 1 heterocycles. The monoisotopic (exact) mass is 475 g/mol. The molecule has 34 heavy (non-hydrogen) atoms. The van der Waals surface area contributed by atoms with Gasteiger partial charge in [-0.25, -0.2) is 9.79 Å². The molecular formula is C27H22ClNO5. The van der Waals surface area contributed by atoms with Crippen molar-refractivity contribution < 1.29 is 23.8 Å². The Morgan fingerprint density at radius 1 is 1.00 bits per heavy atom. The summed E-state index contributed by atoms with van der Waals surface area (Å²) >= 11 is 6.34. The minimum absolute atomic E-state index is 0.124. The lowest BCUT2D eigenvalue weighted by Crippen LogP contribution is -2.08. The summed E-state index contributed by atoms with van der Waals surface area (Å²) in [7, 11) is 0. The Balaban J connectivity index is 1.61. The normalized spacial score (nSPS) is 14.0. The lowest BCUT2D eigenvalue weighted by Gasteiger charge is -2.13. The summed E-state index contributed by atoms with van der Waals surface area (Å²) < 4.78 is 16.3. The van der Waals surface area contributed by atoms with Crippen molar-refractivity contribution in [2.45, 2.75) is 20.3 Å². The van der Waals surface area contributed by atoms with E-state index in [9.17, 15) is 9.59 Å². The van der Waals surface area contributed by atoms with Crippen LogP contribution in [0.4, 0.5) is 0 Å². The molecule has 1 aliphatic heterocycles. The number of carbonyl (C=O) groups excluding carboxylic acids is 2. The van der Waals surface area contributed by atoms with Crippen LogP contribution in [0.25, 0.3) is 17.2 Å². The van der Waals surface area contributed by atoms with E-state index in [4.69, 9.17) is 25.8 Å². The van der Waals surface area contributed by atoms with Crippen LogP contribution in [0.3, 0.4) is 0 Å². The van der Waals surface area contributed by atoms with E-state index in [-0.39, 0.29) is 28.8 Å². The Morgan fingerprint density at radius 3 is 2.35 bits per heavy atom. The third-order valence-electron chi connectivity index (χ3n) is 5.00. The highest BCUT2D eigenvalue weighted by molar-refractivity contribution is 6.32. The first-order valence-corrected chi connectivity index (χ1v) is 11.2. The number of hydrogen-bond donors (Lipinski definition) is 0. The molecule has 7 heteroatoms. The maximum absolute atomic E-state index is 12.5. The van der Waals surface area contributed by atoms with Gasteiger partial charge in [0.15, 0.2) is 17.2 Å². The molecule has 0 radical (unpaired) electrons. The zero-order chi connectivity index (χ0) is 24.1. The van der Waals surface area contributed by atoms with E-state index in [2.05, 4.69) is 4.99 Å². The van der Waals surface area contributed by atoms with E-state index in [0.29, 0.717) is 23.5 Å². The number of rotatable bonds is 7. The van der Waals surface area contributed by atoms with Crippen LogP contribution in [0, 0.1) is 0 Å². The highest BCUT2D eigenvalue weighted by Crippen LogP contribution is 2.38. The number of esters is 2. The second-order valence-electron chi connectivity index (χ2n) is 7.37. The van der Waals surface area contributed by atoms with Crippen LogP contribution in [-0.4, -0.2) is 24.4 Å². The molecule has 3 aromatic carbocycles. The molecule has 0 aromatic heterocycles. The molecular weight excluding hydrogens is 454 g/mol. The first-order chi connectivity index (χ1) is 16.5. The largest absolute Gasteiger partial charge is 0.490 e. The van der Waals surface area contributed by atoms with E-state index in [0.717, 1.165) is 11.1 Å². The number of ether oxygens (including phenoxy) is 3. The van der Waals surface area contributed by atoms with Gasteiger partial charge in [0, 0.05) is 12.0 Å². The van der Waals surface area contributed by atoms with Gasteiger partial charge in [-0.3, -0.25) is 4.79 Å². The van der Waals surface area contributed by atoms with Crippen molar-refractivity contribution in [2.75, 3.05) is 6.61 Å². The van der Waals surface area contributed by atoms with E-state index in [1.165, 1.54) is 0 Å². The molecule has 0 aliphatic carbocycles. The first kappa shape index (κ1) is 23.3. The van der Waals surface area contributed by atoms with Gasteiger partial charge in [-0.15, -0.1) is 0 Å². The smallest absolute Gasteiger partial charge is 0.363 e. The Bertz CT molecular complexity index is 1280. The Morgan fingerprint density at radius 2 is 1.68 bits per heavy atom. The Labute approximate surface area is 202 Å². The van der Waals surface area contributed by atoms with Gasteiger partial charge in [0.1, 0.15) is 0 Å². The van der Waals surface area contributed by atoms with Crippen LogP contribution in [-0.2, 0) is 14.3 Å². The number of nitrogens with zero attached hydrogens (tertiary/aromatic N) is 1. The van der Waals surface area contributed by atoms with E-state index in [1.807, 2.05) is 54.6 Å². The number of halogens is 1. The SMILES string of the molecule is CCOc1cc(/C=C2\N=C(c3ccc(-c4ccccc4)cc3)OC2=O)cc(Cl)c1OC(=O)CC. The molecule has 0 unspecified atom stereocenters. The summed E-state index contributed by atoms with van der Waals surface area (Å²) in [4.78, 5) is 28.6. The summed E-state index contributed by atoms with van der Waals surface area (Å²) in [5.74, 6) is -0.330. The number of hydrogen-bond acceptors (Lipinski definition) is 6. The predicted octanol–water partition coefficient (Wildman–Crippen LogP) is 6.07. The standard InChI is InChI=1S/C27H22ClNO5/c1-3-24(30)33-25-21(28)14-17(16-23(25)32-4-2)15-22-27(31)34-26(29-22)20-12-10-19(11-13-20)18-8-6-5-7-9-18/h5-16H,3-4H2,1-2H3/b22-15-. The molecule has 0 bridgehead atoms. The molecule has 0 spiro atoms. The van der Waals surface area contributed by atoms with Gasteiger partial charge >= 0.3 is 11.9 Å². The predicted molar refractivity (Wildman–Crippen MR) is 131 cm³/mol. The summed E-state index contributed by atoms with van der Waals surface area (Å²) in [5, 5.41) is 0.187. The molecule has 0 atom stereocenters. The third-order valence-corrected chi connectivity index (χ3v) is 5.28. The highest BCUT2D eigenvalue weighted by atomic mass is 35.5. The fourth-order valence-electron chi connectivity index (χ4n) is 3.35. The van der Waals surface area contributed by atoms with Gasteiger partial charge in [-0.05, 0) is 54.0 Å². The van der Waals surface area contributed by atoms with Crippen LogP contribution in [0.1, 0.15) is 31.4 Å². The molecule has 0 saturated heterocycles. The molecule has 0 fully saturated rings. The summed E-state index contributed by atoms with van der Waals surface area (Å²) in [5.41, 5.74) is 3.51. The molecule has 0 amide bonds. The Hall–Kier alpha value is -3.90. The topological polar surface area (TPSA) is 74.2 Å². The molecule has 3 aromatic rings. The van der Waals surface area contributed by atoms with Crippen LogP contribution in [0.15, 0.2) is 77.4 Å². The number of benzene rings is 3. The average molecular weight is 476 g/mol. The van der Waals surface area contributed by atoms with Crippen molar-refractivity contribution in [3.05, 3.63) is 88.6 Å². The zero-order valence-corrected chi connectivity index (χ0v) is 19.5. The van der Waals surface area contributed by atoms with Crippen molar-refractivity contribution in [3.63, 3.8) is 0 Å². The minimum atomic E-state index is -0.572. The zero-order valence-electron chi connectivity index (χ0n) is 18.7. The van der Waals surface area contributed by atoms with Crippen molar-refractivity contribution in [1.82, 2.24) is 0 Å². The first-order valence-electron chi connectivity index (χ1n) is 10.8. The lowest BCUT2D eigenvalue weighted by molar-refractivity contribution is -0.134. The summed E-state index contributed by atoms with van der Waals surface area (Å²) in [6, 6.07) is 20.8. The van der Waals surface area contributed by atoms with Gasteiger partial charge in [-0.1, -0.05) is 61.0 Å². The van der Waals surface area contributed by atoms with Crippen LogP contribution in [0.2, 0.25) is 5.02 Å². The fourth-order valence-corrected chi connectivity index (χ4v) is 3.60. The second kappa shape index (κ2) is 10.4. The highest BCUT2D eigenvalue weighted by Gasteiger charge is 2.25. The fraction of sp³-hybridized carbons (Fsp3) is 0.148. The molecule has 172 valence electrons. The van der Waals surface area contributed by atoms with Crippen LogP contribution in [0.5, 0.6) is 11.5 Å². The van der Waals surface area contributed by atoms with E-state index in [1.54, 1.807) is 32.1 Å². The maximum atomic E-state index is 12.5. The molecule has 1 aliphatic rings. The molecule has 4 rings (SSSR count). The molecule has 6 nitrogen and oxygen atoms in total. The maximum Gasteiger partial charge on any atom is 0.363 e. The average Bonchev–Trinajstić information content (AvgIpc) is 3.22. The van der Waals surface area contributed by atoms with Crippen LogP contribution >= 0.6 is 11.6 Å². The number of aliphatic imine (C=N–C) groups is 1. The second-order valence-corrected chi connectivity index (χ2v) is 7.78. The number of carbonyl (C=O) groups is 2. The van der Waals surface area contributed by atoms with Gasteiger partial charge < -0.3 is 14.2 Å².